The van der Waals surface area contributed by atoms with Gasteiger partial charge in [0.15, 0.2) is 0 Å². The van der Waals surface area contributed by atoms with Crippen molar-refractivity contribution in [1.29, 1.82) is 0 Å². The van der Waals surface area contributed by atoms with E-state index in [1.165, 1.54) is 12.5 Å². The molecule has 14 nitrogen and oxygen atoms in total. The number of nitrogens with two attached hydrogens (primary N) is 2. The Bertz CT molecular complexity index is 805. The van der Waals surface area contributed by atoms with Gasteiger partial charge in [-0.2, -0.15) is 12.6 Å². The molecule has 4 atom stereocenters. The molecule has 4 amide bonds. The van der Waals surface area contributed by atoms with E-state index in [0.29, 0.717) is 5.69 Å². The van der Waals surface area contributed by atoms with Gasteiger partial charge in [0.05, 0.1) is 19.0 Å². The second kappa shape index (κ2) is 13.3. The minimum atomic E-state index is -1.53. The van der Waals surface area contributed by atoms with Crippen LogP contribution in [0.3, 0.4) is 0 Å². The molecule has 1 heterocycles. The number of carboxylic acids is 1. The topological polar surface area (TPSA) is 243 Å². The highest BCUT2D eigenvalue weighted by Crippen LogP contribution is 2.02. The Morgan fingerprint density at radius 2 is 1.66 bits per heavy atom. The molecule has 1 aromatic rings. The molecule has 0 aromatic carbocycles. The van der Waals surface area contributed by atoms with Crippen LogP contribution in [0.15, 0.2) is 12.5 Å². The number of primary amides is 1. The van der Waals surface area contributed by atoms with E-state index in [-0.39, 0.29) is 25.0 Å². The average molecular weight is 474 g/mol. The zero-order chi connectivity index (χ0) is 24.3. The van der Waals surface area contributed by atoms with Gasteiger partial charge in [0.25, 0.3) is 0 Å². The smallest absolute Gasteiger partial charge is 0.326 e. The first-order valence-electron chi connectivity index (χ1n) is 9.45. The summed E-state index contributed by atoms with van der Waals surface area (Å²) in [6, 6.07) is -5.18. The Morgan fingerprint density at radius 1 is 1.06 bits per heavy atom. The van der Waals surface area contributed by atoms with Gasteiger partial charge < -0.3 is 42.6 Å². The summed E-state index contributed by atoms with van der Waals surface area (Å²) < 4.78 is 0. The van der Waals surface area contributed by atoms with Crippen molar-refractivity contribution in [1.82, 2.24) is 25.9 Å². The van der Waals surface area contributed by atoms with E-state index >= 15 is 0 Å². The minimum Gasteiger partial charge on any atom is -0.480 e. The van der Waals surface area contributed by atoms with Crippen molar-refractivity contribution in [3.63, 3.8) is 0 Å². The number of aromatic amines is 1. The number of carbonyl (C=O) groups is 5. The van der Waals surface area contributed by atoms with Gasteiger partial charge in [0.1, 0.15) is 18.1 Å². The number of aliphatic hydroxyl groups excluding tert-OH is 1. The summed E-state index contributed by atoms with van der Waals surface area (Å²) in [5.74, 6) is -4.66. The van der Waals surface area contributed by atoms with Gasteiger partial charge >= 0.3 is 5.97 Å². The van der Waals surface area contributed by atoms with Crippen LogP contribution in [0.1, 0.15) is 18.5 Å². The Hall–Kier alpha value is -3.17. The van der Waals surface area contributed by atoms with Gasteiger partial charge in [-0.25, -0.2) is 9.78 Å². The quantitative estimate of drug-likeness (QED) is 0.119. The zero-order valence-corrected chi connectivity index (χ0v) is 17.9. The summed E-state index contributed by atoms with van der Waals surface area (Å²) in [5, 5.41) is 25.5. The monoisotopic (exact) mass is 473 g/mol. The number of aromatic nitrogens is 2. The highest BCUT2D eigenvalue weighted by Gasteiger charge is 2.30. The number of carbonyl (C=O) groups excluding carboxylic acids is 4. The molecule has 0 aliphatic rings. The van der Waals surface area contributed by atoms with E-state index in [1.807, 2.05) is 0 Å². The standard InChI is InChI=1S/C17H27N7O7S/c18-9(6-32)14(27)23-11(3-8-4-20-7-21-8)15(28)24-12(5-25)16(29)22-10(17(30)31)1-2-13(19)26/h4,7,9-12,25,32H,1-3,5-6,18H2,(H2,19,26)(H,20,21)(H,22,29)(H,23,27)(H,24,28)(H,30,31). The number of nitrogens with zero attached hydrogens (tertiary/aromatic N) is 1. The Labute approximate surface area is 188 Å². The molecule has 0 radical (unpaired) electrons. The molecule has 15 heteroatoms. The first-order valence-corrected chi connectivity index (χ1v) is 10.1. The van der Waals surface area contributed by atoms with Crippen molar-refractivity contribution in [2.45, 2.75) is 43.4 Å². The summed E-state index contributed by atoms with van der Waals surface area (Å²) in [6.07, 6.45) is 2.19. The number of rotatable bonds is 14. The third-order valence-electron chi connectivity index (χ3n) is 4.25. The van der Waals surface area contributed by atoms with Crippen molar-refractivity contribution in [2.24, 2.45) is 11.5 Å². The predicted molar refractivity (Wildman–Crippen MR) is 113 cm³/mol. The molecule has 1 aromatic heterocycles. The average Bonchev–Trinajstić information content (AvgIpc) is 3.26. The summed E-state index contributed by atoms with van der Waals surface area (Å²) in [5.41, 5.74) is 11.1. The summed E-state index contributed by atoms with van der Waals surface area (Å²) in [4.78, 5) is 66.0. The molecule has 178 valence electrons. The molecule has 1 rings (SSSR count). The second-order valence-electron chi connectivity index (χ2n) is 6.78. The fourth-order valence-electron chi connectivity index (χ4n) is 2.47. The third-order valence-corrected chi connectivity index (χ3v) is 4.65. The van der Waals surface area contributed by atoms with E-state index in [4.69, 9.17) is 11.5 Å². The zero-order valence-electron chi connectivity index (χ0n) is 17.0. The number of thiol groups is 1. The van der Waals surface area contributed by atoms with Gasteiger partial charge in [-0.05, 0) is 6.42 Å². The maximum absolute atomic E-state index is 12.7. The lowest BCUT2D eigenvalue weighted by Gasteiger charge is -2.24. The molecule has 0 aliphatic heterocycles. The molecular weight excluding hydrogens is 446 g/mol. The van der Waals surface area contributed by atoms with Crippen LogP contribution in [0.4, 0.5) is 0 Å². The van der Waals surface area contributed by atoms with Crippen LogP contribution in [-0.4, -0.2) is 86.3 Å². The summed E-state index contributed by atoms with van der Waals surface area (Å²) in [7, 11) is 0. The number of carboxylic acid groups (broad SMARTS) is 1. The minimum absolute atomic E-state index is 0.0216. The van der Waals surface area contributed by atoms with Gasteiger partial charge in [0, 0.05) is 30.5 Å². The first kappa shape index (κ1) is 26.9. The van der Waals surface area contributed by atoms with E-state index < -0.39 is 60.4 Å². The van der Waals surface area contributed by atoms with E-state index in [2.05, 4.69) is 38.5 Å². The molecule has 0 bridgehead atoms. The largest absolute Gasteiger partial charge is 0.480 e. The lowest BCUT2D eigenvalue weighted by atomic mass is 10.1. The van der Waals surface area contributed by atoms with Crippen LogP contribution < -0.4 is 27.4 Å². The van der Waals surface area contributed by atoms with Crippen molar-refractivity contribution in [3.05, 3.63) is 18.2 Å². The van der Waals surface area contributed by atoms with E-state index in [9.17, 15) is 34.2 Å². The molecular formula is C17H27N7O7S. The molecule has 10 N–H and O–H groups in total. The molecule has 4 unspecified atom stereocenters. The van der Waals surface area contributed by atoms with Gasteiger partial charge in [0.2, 0.25) is 23.6 Å². The fraction of sp³-hybridized carbons (Fsp3) is 0.529. The number of nitrogens with one attached hydrogen (secondary N) is 4. The number of H-pyrrole nitrogens is 1. The van der Waals surface area contributed by atoms with Gasteiger partial charge in [-0.3, -0.25) is 19.2 Å². The highest BCUT2D eigenvalue weighted by molar-refractivity contribution is 7.80. The fourth-order valence-corrected chi connectivity index (χ4v) is 2.64. The van der Waals surface area contributed by atoms with E-state index in [1.54, 1.807) is 0 Å². The van der Waals surface area contributed by atoms with Crippen molar-refractivity contribution < 1.29 is 34.2 Å². The SMILES string of the molecule is NC(=O)CCC(NC(=O)C(CO)NC(=O)C(Cc1cnc[nH]1)NC(=O)C(N)CS)C(=O)O. The maximum Gasteiger partial charge on any atom is 0.326 e. The van der Waals surface area contributed by atoms with Gasteiger partial charge in [-0.15, -0.1) is 0 Å². The van der Waals surface area contributed by atoms with Crippen LogP contribution in [0, 0.1) is 0 Å². The molecule has 0 aliphatic carbocycles. The normalized spacial score (nSPS) is 14.5. The molecule has 32 heavy (non-hydrogen) atoms. The van der Waals surface area contributed by atoms with Crippen molar-refractivity contribution in [3.8, 4) is 0 Å². The van der Waals surface area contributed by atoms with Gasteiger partial charge in [-0.1, -0.05) is 0 Å². The number of aliphatic hydroxyl groups is 1. The number of imidazole rings is 1. The second-order valence-corrected chi connectivity index (χ2v) is 7.14. The molecule has 0 saturated carbocycles. The number of hydrogen-bond acceptors (Lipinski definition) is 9. The van der Waals surface area contributed by atoms with Crippen molar-refractivity contribution >= 4 is 42.2 Å². The Balaban J connectivity index is 2.88. The molecule has 0 saturated heterocycles. The van der Waals surface area contributed by atoms with E-state index in [0.717, 1.165) is 0 Å². The Morgan fingerprint density at radius 3 is 2.16 bits per heavy atom. The first-order chi connectivity index (χ1) is 15.1. The van der Waals surface area contributed by atoms with Crippen LogP contribution >= 0.6 is 12.6 Å². The van der Waals surface area contributed by atoms with Crippen LogP contribution in [0.2, 0.25) is 0 Å². The summed E-state index contributed by atoms with van der Waals surface area (Å²) >= 11 is 3.93. The molecule has 0 spiro atoms. The number of hydrogen-bond donors (Lipinski definition) is 9. The predicted octanol–water partition coefficient (Wildman–Crippen LogP) is -3.99. The summed E-state index contributed by atoms with van der Waals surface area (Å²) in [6.45, 7) is -0.861. The number of aliphatic carboxylic acids is 1. The van der Waals surface area contributed by atoms with Crippen LogP contribution in [0.5, 0.6) is 0 Å². The third kappa shape index (κ3) is 8.91. The highest BCUT2D eigenvalue weighted by atomic mass is 32.1. The Kier molecular flexibility index (Phi) is 11.2. The lowest BCUT2D eigenvalue weighted by Crippen LogP contribution is -2.58. The maximum atomic E-state index is 12.7. The molecule has 0 fully saturated rings. The number of amides is 4. The van der Waals surface area contributed by atoms with Crippen molar-refractivity contribution in [2.75, 3.05) is 12.4 Å². The van der Waals surface area contributed by atoms with Crippen LogP contribution in [-0.2, 0) is 30.4 Å². The van der Waals surface area contributed by atoms with Crippen LogP contribution in [0.25, 0.3) is 0 Å². The lowest BCUT2D eigenvalue weighted by molar-refractivity contribution is -0.143.